The quantitative estimate of drug-likeness (QED) is 0.555. The first-order valence-corrected chi connectivity index (χ1v) is 11.5. The Morgan fingerprint density at radius 2 is 1.67 bits per heavy atom. The second-order valence-corrected chi connectivity index (χ2v) is 8.93. The lowest BCUT2D eigenvalue weighted by Crippen LogP contribution is -2.54. The lowest BCUT2D eigenvalue weighted by atomic mass is 9.84. The molecule has 2 N–H and O–H groups in total. The van der Waals surface area contributed by atoms with Crippen molar-refractivity contribution in [3.63, 3.8) is 0 Å². The Balaban J connectivity index is 1.68. The maximum atomic E-state index is 13.0. The molecule has 1 aliphatic heterocycles. The second kappa shape index (κ2) is 11.0. The van der Waals surface area contributed by atoms with Gasteiger partial charge in [-0.25, -0.2) is 0 Å². The fourth-order valence-electron chi connectivity index (χ4n) is 4.26. The van der Waals surface area contributed by atoms with E-state index >= 15 is 0 Å². The summed E-state index contributed by atoms with van der Waals surface area (Å²) >= 11 is 12.2. The predicted molar refractivity (Wildman–Crippen MR) is 131 cm³/mol. The molecule has 9 heteroatoms. The average molecular weight is 491 g/mol. The van der Waals surface area contributed by atoms with Crippen LogP contribution in [0.3, 0.4) is 0 Å². The summed E-state index contributed by atoms with van der Waals surface area (Å²) in [6.07, 6.45) is 0.687. The van der Waals surface area contributed by atoms with Crippen molar-refractivity contribution in [3.05, 3.63) is 63.6 Å². The number of halogens is 2. The first-order chi connectivity index (χ1) is 15.8. The van der Waals surface area contributed by atoms with Gasteiger partial charge in [-0.1, -0.05) is 41.4 Å². The number of nitrogens with zero attached hydrogens (tertiary/aromatic N) is 2. The molecular weight excluding hydrogens is 463 g/mol. The number of hydrogen-bond acceptors (Lipinski definition) is 5. The van der Waals surface area contributed by atoms with Crippen LogP contribution in [0.5, 0.6) is 0 Å². The van der Waals surface area contributed by atoms with Gasteiger partial charge in [-0.3, -0.25) is 19.7 Å². The smallest absolute Gasteiger partial charge is 0.251 e. The summed E-state index contributed by atoms with van der Waals surface area (Å²) in [5, 5.41) is 6.48. The molecule has 0 radical (unpaired) electrons. The van der Waals surface area contributed by atoms with Crippen LogP contribution in [0.2, 0.25) is 10.0 Å². The minimum absolute atomic E-state index is 0.0371. The molecule has 33 heavy (non-hydrogen) atoms. The molecule has 0 aliphatic carbocycles. The van der Waals surface area contributed by atoms with Crippen LogP contribution in [0, 0.1) is 6.92 Å². The summed E-state index contributed by atoms with van der Waals surface area (Å²) in [7, 11) is 1.63. The monoisotopic (exact) mass is 490 g/mol. The normalized spacial score (nSPS) is 15.6. The first kappa shape index (κ1) is 25.0. The number of likely N-dealkylation sites (N-methyl/N-ethyl adjacent to an activating group) is 1. The van der Waals surface area contributed by atoms with Crippen LogP contribution in [0.4, 0.5) is 5.69 Å². The van der Waals surface area contributed by atoms with Gasteiger partial charge in [-0.15, -0.1) is 0 Å². The molecule has 3 amide bonds. The summed E-state index contributed by atoms with van der Waals surface area (Å²) in [4.78, 5) is 40.9. The number of piperazine rings is 1. The lowest BCUT2D eigenvalue weighted by molar-refractivity contribution is -0.133. The Labute approximate surface area is 204 Å². The summed E-state index contributed by atoms with van der Waals surface area (Å²) < 4.78 is 0. The highest BCUT2D eigenvalue weighted by Gasteiger charge is 2.39. The summed E-state index contributed by atoms with van der Waals surface area (Å²) in [5.74, 6) is -0.554. The first-order valence-electron chi connectivity index (χ1n) is 10.8. The van der Waals surface area contributed by atoms with E-state index in [1.54, 1.807) is 31.3 Å². The Morgan fingerprint density at radius 3 is 2.27 bits per heavy atom. The highest BCUT2D eigenvalue weighted by Crippen LogP contribution is 2.29. The Morgan fingerprint density at radius 1 is 1.03 bits per heavy atom. The van der Waals surface area contributed by atoms with Crippen molar-refractivity contribution in [1.82, 2.24) is 15.5 Å². The minimum atomic E-state index is -1.24. The van der Waals surface area contributed by atoms with Crippen molar-refractivity contribution in [2.45, 2.75) is 25.3 Å². The maximum absolute atomic E-state index is 13.0. The van der Waals surface area contributed by atoms with Crippen molar-refractivity contribution in [3.8, 4) is 0 Å². The van der Waals surface area contributed by atoms with Crippen molar-refractivity contribution in [2.24, 2.45) is 0 Å². The number of carbonyl (C=O) groups excluding carboxylic acids is 3. The molecule has 176 valence electrons. The van der Waals surface area contributed by atoms with Crippen LogP contribution in [-0.2, 0) is 19.9 Å². The average Bonchev–Trinajstić information content (AvgIpc) is 2.82. The van der Waals surface area contributed by atoms with Crippen LogP contribution in [-0.4, -0.2) is 56.4 Å². The van der Waals surface area contributed by atoms with E-state index in [-0.39, 0.29) is 18.7 Å². The largest absolute Gasteiger partial charge is 0.368 e. The minimum Gasteiger partial charge on any atom is -0.368 e. The number of aryl methyl sites for hydroxylation is 1. The number of anilines is 1. The van der Waals surface area contributed by atoms with Crippen molar-refractivity contribution in [1.29, 1.82) is 0 Å². The number of amides is 3. The molecule has 2 aromatic carbocycles. The van der Waals surface area contributed by atoms with E-state index in [4.69, 9.17) is 23.2 Å². The molecule has 1 aliphatic rings. The van der Waals surface area contributed by atoms with Gasteiger partial charge in [0.25, 0.3) is 5.91 Å². The topological polar surface area (TPSA) is 81.8 Å². The van der Waals surface area contributed by atoms with Crippen LogP contribution in [0.25, 0.3) is 0 Å². The molecule has 0 spiro atoms. The predicted octanol–water partition coefficient (Wildman–Crippen LogP) is 3.12. The van der Waals surface area contributed by atoms with Gasteiger partial charge in [-0.2, -0.15) is 0 Å². The lowest BCUT2D eigenvalue weighted by Gasteiger charge is -2.38. The molecule has 3 rings (SSSR count). The molecule has 0 bridgehead atoms. The van der Waals surface area contributed by atoms with Gasteiger partial charge < -0.3 is 15.1 Å². The third kappa shape index (κ3) is 5.66. The van der Waals surface area contributed by atoms with Crippen LogP contribution in [0.1, 0.15) is 24.0 Å². The van der Waals surface area contributed by atoms with Gasteiger partial charge in [0.1, 0.15) is 5.54 Å². The van der Waals surface area contributed by atoms with Gasteiger partial charge in [-0.05, 0) is 55.8 Å². The zero-order chi connectivity index (χ0) is 24.0. The van der Waals surface area contributed by atoms with Gasteiger partial charge in [0.05, 0.1) is 0 Å². The molecule has 2 aromatic rings. The summed E-state index contributed by atoms with van der Waals surface area (Å²) in [5.41, 5.74) is 1.61. The van der Waals surface area contributed by atoms with E-state index in [1.807, 2.05) is 30.0 Å². The third-order valence-electron chi connectivity index (χ3n) is 6.20. The van der Waals surface area contributed by atoms with E-state index in [0.717, 1.165) is 11.3 Å². The number of nitrogens with one attached hydrogen (secondary N) is 2. The zero-order valence-corrected chi connectivity index (χ0v) is 20.2. The van der Waals surface area contributed by atoms with Gasteiger partial charge in [0.15, 0.2) is 0 Å². The number of rotatable bonds is 8. The summed E-state index contributed by atoms with van der Waals surface area (Å²) in [6, 6.07) is 12.6. The molecule has 1 saturated heterocycles. The molecule has 0 aromatic heterocycles. The molecule has 7 nitrogen and oxygen atoms in total. The number of hydrogen-bond donors (Lipinski definition) is 2. The highest BCUT2D eigenvalue weighted by atomic mass is 35.5. The Kier molecular flexibility index (Phi) is 8.35. The molecule has 1 unspecified atom stereocenters. The Hall–Kier alpha value is -2.61. The van der Waals surface area contributed by atoms with E-state index < -0.39 is 11.4 Å². The van der Waals surface area contributed by atoms with Crippen LogP contribution >= 0.6 is 23.2 Å². The molecular formula is C24H28Cl2N4O3. The third-order valence-corrected chi connectivity index (χ3v) is 6.69. The van der Waals surface area contributed by atoms with Crippen LogP contribution < -0.4 is 15.5 Å². The van der Waals surface area contributed by atoms with Crippen molar-refractivity contribution >= 4 is 47.1 Å². The second-order valence-electron chi connectivity index (χ2n) is 8.05. The fourth-order valence-corrected chi connectivity index (χ4v) is 4.55. The van der Waals surface area contributed by atoms with E-state index in [0.29, 0.717) is 48.2 Å². The van der Waals surface area contributed by atoms with Gasteiger partial charge in [0.2, 0.25) is 12.3 Å². The Bertz CT molecular complexity index is 1010. The number of benzene rings is 2. The maximum Gasteiger partial charge on any atom is 0.251 e. The van der Waals surface area contributed by atoms with E-state index in [9.17, 15) is 14.4 Å². The molecule has 1 heterocycles. The summed E-state index contributed by atoms with van der Waals surface area (Å²) in [6.45, 7) is 4.61. The van der Waals surface area contributed by atoms with E-state index in [2.05, 4.69) is 15.5 Å². The van der Waals surface area contributed by atoms with Crippen LogP contribution in [0.15, 0.2) is 42.5 Å². The number of imide groups is 1. The number of carbonyl (C=O) groups is 3. The van der Waals surface area contributed by atoms with E-state index in [1.165, 1.54) is 0 Å². The SMILES string of the molecule is CNC(CCC(=O)N1CCN(c2cc(Cl)ccc2C)CC1)(C(=O)NC=O)c1ccc(Cl)cc1. The molecule has 0 saturated carbocycles. The van der Waals surface area contributed by atoms with Crippen molar-refractivity contribution < 1.29 is 14.4 Å². The molecule has 1 fully saturated rings. The fraction of sp³-hybridized carbons (Fsp3) is 0.375. The zero-order valence-electron chi connectivity index (χ0n) is 18.7. The van der Waals surface area contributed by atoms with Gasteiger partial charge in [0, 0.05) is 48.3 Å². The highest BCUT2D eigenvalue weighted by molar-refractivity contribution is 6.31. The van der Waals surface area contributed by atoms with Gasteiger partial charge >= 0.3 is 0 Å². The standard InChI is InChI=1S/C24H28Cl2N4O3/c1-17-3-6-20(26)15-21(17)29-11-13-30(14-12-29)22(32)9-10-24(27-2,23(33)28-16-31)18-4-7-19(25)8-5-18/h3-8,15-16,27H,9-14H2,1-2H3,(H,28,31,33). The molecule has 1 atom stereocenters. The van der Waals surface area contributed by atoms with Crippen molar-refractivity contribution in [2.75, 3.05) is 38.1 Å².